The Morgan fingerprint density at radius 3 is 2.33 bits per heavy atom. The van der Waals surface area contributed by atoms with Crippen LogP contribution in [0.25, 0.3) is 0 Å². The summed E-state index contributed by atoms with van der Waals surface area (Å²) < 4.78 is 0. The predicted molar refractivity (Wildman–Crippen MR) is 120 cm³/mol. The summed E-state index contributed by atoms with van der Waals surface area (Å²) in [5.41, 5.74) is 1.15. The summed E-state index contributed by atoms with van der Waals surface area (Å²) in [4.78, 5) is 17.9. The first-order valence-corrected chi connectivity index (χ1v) is 10.8. The van der Waals surface area contributed by atoms with Gasteiger partial charge >= 0.3 is 0 Å². The minimum absolute atomic E-state index is 0. The third-order valence-corrected chi connectivity index (χ3v) is 6.31. The molecule has 1 aromatic rings. The molecule has 1 N–H and O–H groups in total. The molecule has 1 atom stereocenters. The molecule has 2 fully saturated rings. The van der Waals surface area contributed by atoms with Crippen LogP contribution in [0.4, 0.5) is 0 Å². The lowest BCUT2D eigenvalue weighted by atomic mass is 9.95. The van der Waals surface area contributed by atoms with E-state index in [-0.39, 0.29) is 30.9 Å². The van der Waals surface area contributed by atoms with Gasteiger partial charge in [-0.15, -0.1) is 24.8 Å². The maximum Gasteiger partial charge on any atom is 0.244 e. The molecule has 0 bridgehead atoms. The van der Waals surface area contributed by atoms with Gasteiger partial charge in [-0.1, -0.05) is 37.3 Å². The lowest BCUT2D eigenvalue weighted by Crippen LogP contribution is -2.48. The zero-order valence-corrected chi connectivity index (χ0v) is 18.6. The van der Waals surface area contributed by atoms with Crippen molar-refractivity contribution in [2.24, 2.45) is 5.92 Å². The highest BCUT2D eigenvalue weighted by atomic mass is 35.5. The SMILES string of the molecule is CCNCC1CCN(C(=O)C(c2ccccc2)N2CCSCC2)CC1.Cl.Cl. The van der Waals surface area contributed by atoms with Crippen LogP contribution in [0.1, 0.15) is 31.4 Å². The number of likely N-dealkylation sites (tertiary alicyclic amines) is 1. The number of carbonyl (C=O) groups excluding carboxylic acids is 1. The van der Waals surface area contributed by atoms with Gasteiger partial charge in [-0.25, -0.2) is 0 Å². The highest BCUT2D eigenvalue weighted by molar-refractivity contribution is 7.99. The van der Waals surface area contributed by atoms with Crippen LogP contribution in [0.2, 0.25) is 0 Å². The number of amides is 1. The molecule has 27 heavy (non-hydrogen) atoms. The molecule has 1 amide bonds. The topological polar surface area (TPSA) is 35.6 Å². The molecule has 2 heterocycles. The first kappa shape index (κ1) is 24.6. The number of carbonyl (C=O) groups is 1. The number of nitrogens with zero attached hydrogens (tertiary/aromatic N) is 2. The molecule has 4 nitrogen and oxygen atoms in total. The number of hydrogen-bond acceptors (Lipinski definition) is 4. The molecule has 1 unspecified atom stereocenters. The van der Waals surface area contributed by atoms with E-state index in [0.717, 1.165) is 69.2 Å². The van der Waals surface area contributed by atoms with Gasteiger partial charge in [-0.3, -0.25) is 9.69 Å². The smallest absolute Gasteiger partial charge is 0.244 e. The number of rotatable bonds is 6. The first-order chi connectivity index (χ1) is 12.3. The third kappa shape index (κ3) is 6.82. The molecule has 0 aromatic heterocycles. The second-order valence-electron chi connectivity index (χ2n) is 7.04. The molecule has 0 radical (unpaired) electrons. The van der Waals surface area contributed by atoms with Crippen LogP contribution in [-0.2, 0) is 4.79 Å². The van der Waals surface area contributed by atoms with Crippen molar-refractivity contribution >= 4 is 42.5 Å². The Morgan fingerprint density at radius 2 is 1.74 bits per heavy atom. The quantitative estimate of drug-likeness (QED) is 0.744. The van der Waals surface area contributed by atoms with Gasteiger partial charge in [0.05, 0.1) is 0 Å². The molecular weight excluding hydrogens is 401 g/mol. The number of piperidine rings is 1. The molecule has 1 aromatic carbocycles. The van der Waals surface area contributed by atoms with Gasteiger partial charge < -0.3 is 10.2 Å². The Labute approximate surface area is 180 Å². The van der Waals surface area contributed by atoms with Crippen molar-refractivity contribution in [1.82, 2.24) is 15.1 Å². The summed E-state index contributed by atoms with van der Waals surface area (Å²) in [6, 6.07) is 10.3. The predicted octanol–water partition coefficient (Wildman–Crippen LogP) is 3.47. The van der Waals surface area contributed by atoms with Crippen LogP contribution < -0.4 is 5.32 Å². The third-order valence-electron chi connectivity index (χ3n) is 5.37. The maximum absolute atomic E-state index is 13.4. The van der Waals surface area contributed by atoms with E-state index in [4.69, 9.17) is 0 Å². The monoisotopic (exact) mass is 433 g/mol. The average molecular weight is 434 g/mol. The highest BCUT2D eigenvalue weighted by Crippen LogP contribution is 2.28. The van der Waals surface area contributed by atoms with Gasteiger partial charge in [0.2, 0.25) is 5.91 Å². The van der Waals surface area contributed by atoms with Crippen LogP contribution in [0.15, 0.2) is 30.3 Å². The zero-order chi connectivity index (χ0) is 17.5. The normalized spacial score (nSPS) is 19.7. The van der Waals surface area contributed by atoms with Crippen LogP contribution in [0, 0.1) is 5.92 Å². The summed E-state index contributed by atoms with van der Waals surface area (Å²) in [5, 5.41) is 3.45. The van der Waals surface area contributed by atoms with E-state index in [1.807, 2.05) is 17.8 Å². The van der Waals surface area contributed by atoms with Gasteiger partial charge in [0.25, 0.3) is 0 Å². The summed E-state index contributed by atoms with van der Waals surface area (Å²) in [7, 11) is 0. The molecule has 0 saturated carbocycles. The van der Waals surface area contributed by atoms with Crippen molar-refractivity contribution in [3.05, 3.63) is 35.9 Å². The van der Waals surface area contributed by atoms with Gasteiger partial charge in [-0.2, -0.15) is 11.8 Å². The van der Waals surface area contributed by atoms with E-state index in [9.17, 15) is 4.79 Å². The molecule has 2 aliphatic rings. The summed E-state index contributed by atoms with van der Waals surface area (Å²) in [6.45, 7) is 8.09. The van der Waals surface area contributed by atoms with E-state index >= 15 is 0 Å². The van der Waals surface area contributed by atoms with Crippen molar-refractivity contribution in [3.63, 3.8) is 0 Å². The molecular formula is C20H33Cl2N3OS. The molecule has 2 saturated heterocycles. The number of benzene rings is 1. The van der Waals surface area contributed by atoms with Gasteiger partial charge in [0.1, 0.15) is 6.04 Å². The summed E-state index contributed by atoms with van der Waals surface area (Å²) in [5.74, 6) is 3.27. The fourth-order valence-corrected chi connectivity index (χ4v) is 4.79. The number of nitrogens with one attached hydrogen (secondary N) is 1. The maximum atomic E-state index is 13.4. The van der Waals surface area contributed by atoms with Crippen molar-refractivity contribution in [3.8, 4) is 0 Å². The minimum Gasteiger partial charge on any atom is -0.341 e. The van der Waals surface area contributed by atoms with Crippen LogP contribution >= 0.6 is 36.6 Å². The molecule has 3 rings (SSSR count). The number of thioether (sulfide) groups is 1. The van der Waals surface area contributed by atoms with Gasteiger partial charge in [-0.05, 0) is 37.4 Å². The zero-order valence-electron chi connectivity index (χ0n) is 16.1. The van der Waals surface area contributed by atoms with E-state index in [2.05, 4.69) is 46.3 Å². The fraction of sp³-hybridized carbons (Fsp3) is 0.650. The van der Waals surface area contributed by atoms with Crippen LogP contribution in [0.3, 0.4) is 0 Å². The summed E-state index contributed by atoms with van der Waals surface area (Å²) >= 11 is 1.99. The second-order valence-corrected chi connectivity index (χ2v) is 8.26. The Morgan fingerprint density at radius 1 is 1.11 bits per heavy atom. The minimum atomic E-state index is -0.104. The van der Waals surface area contributed by atoms with Crippen molar-refractivity contribution < 1.29 is 4.79 Å². The molecule has 0 aliphatic carbocycles. The Kier molecular flexibility index (Phi) is 11.7. The molecule has 154 valence electrons. The standard InChI is InChI=1S/C20H31N3OS.2ClH/c1-2-21-16-17-8-10-23(11-9-17)20(24)19(18-6-4-3-5-7-18)22-12-14-25-15-13-22;;/h3-7,17,19,21H,2,8-16H2,1H3;2*1H. The van der Waals surface area contributed by atoms with E-state index in [0.29, 0.717) is 11.8 Å². The lowest BCUT2D eigenvalue weighted by Gasteiger charge is -2.39. The van der Waals surface area contributed by atoms with E-state index < -0.39 is 0 Å². The van der Waals surface area contributed by atoms with Gasteiger partial charge in [0.15, 0.2) is 0 Å². The highest BCUT2D eigenvalue weighted by Gasteiger charge is 2.33. The number of hydrogen-bond donors (Lipinski definition) is 1. The Bertz CT molecular complexity index is 535. The van der Waals surface area contributed by atoms with Crippen LogP contribution in [-0.4, -0.2) is 66.5 Å². The fourth-order valence-electron chi connectivity index (χ4n) is 3.86. The first-order valence-electron chi connectivity index (χ1n) is 9.66. The van der Waals surface area contributed by atoms with Crippen LogP contribution in [0.5, 0.6) is 0 Å². The lowest BCUT2D eigenvalue weighted by molar-refractivity contribution is -0.138. The Balaban J connectivity index is 0.00000182. The second kappa shape index (κ2) is 12.9. The van der Waals surface area contributed by atoms with Crippen molar-refractivity contribution in [2.45, 2.75) is 25.8 Å². The van der Waals surface area contributed by atoms with Crippen molar-refractivity contribution in [1.29, 1.82) is 0 Å². The number of halogens is 2. The van der Waals surface area contributed by atoms with Gasteiger partial charge in [0, 0.05) is 37.7 Å². The molecule has 7 heteroatoms. The largest absolute Gasteiger partial charge is 0.341 e. The van der Waals surface area contributed by atoms with Crippen molar-refractivity contribution in [2.75, 3.05) is 50.8 Å². The Hall–Kier alpha value is -0.460. The molecule has 0 spiro atoms. The summed E-state index contributed by atoms with van der Waals surface area (Å²) in [6.07, 6.45) is 2.24. The van der Waals surface area contributed by atoms with E-state index in [1.54, 1.807) is 0 Å². The molecule has 2 aliphatic heterocycles. The van der Waals surface area contributed by atoms with E-state index in [1.165, 1.54) is 0 Å². The average Bonchev–Trinajstić information content (AvgIpc) is 2.68.